The Hall–Kier alpha value is -3.10. The van der Waals surface area contributed by atoms with Crippen molar-refractivity contribution < 1.29 is 4.79 Å². The largest absolute Gasteiger partial charge is 0.352 e. The molecule has 0 spiro atoms. The molecule has 2 aromatic carbocycles. The van der Waals surface area contributed by atoms with Crippen LogP contribution in [-0.4, -0.2) is 35.2 Å². The maximum absolute atomic E-state index is 12.9. The first kappa shape index (κ1) is 22.7. The molecule has 2 N–H and O–H groups in total. The van der Waals surface area contributed by atoms with Gasteiger partial charge in [-0.1, -0.05) is 42.5 Å². The molecular weight excluding hydrogens is 464 g/mol. The predicted octanol–water partition coefficient (Wildman–Crippen LogP) is 4.91. The van der Waals surface area contributed by atoms with Crippen LogP contribution in [0.1, 0.15) is 18.4 Å². The molecule has 1 aliphatic heterocycles. The third kappa shape index (κ3) is 4.74. The van der Waals surface area contributed by atoms with Gasteiger partial charge >= 0.3 is 0 Å². The number of nitrogens with zero attached hydrogens (tertiary/aromatic N) is 2. The number of thioether (sulfide) groups is 1. The first-order valence-corrected chi connectivity index (χ1v) is 13.5. The molecule has 1 fully saturated rings. The highest BCUT2D eigenvalue weighted by atomic mass is 32.2. The summed E-state index contributed by atoms with van der Waals surface area (Å²) in [6, 6.07) is 18.2. The Bertz CT molecular complexity index is 1350. The fourth-order valence-electron chi connectivity index (χ4n) is 4.35. The second-order valence-electron chi connectivity index (χ2n) is 8.43. The van der Waals surface area contributed by atoms with Gasteiger partial charge < -0.3 is 10.2 Å². The van der Waals surface area contributed by atoms with E-state index in [-0.39, 0.29) is 17.4 Å². The Balaban J connectivity index is 1.32. The number of aromatic amines is 1. The highest BCUT2D eigenvalue weighted by Gasteiger charge is 2.27. The number of rotatable bonds is 6. The minimum absolute atomic E-state index is 0.0441. The fraction of sp³-hybridized carbons (Fsp3) is 0.269. The zero-order valence-electron chi connectivity index (χ0n) is 18.9. The number of hydrogen-bond donors (Lipinski definition) is 2. The van der Waals surface area contributed by atoms with Gasteiger partial charge in [0.25, 0.3) is 5.56 Å². The van der Waals surface area contributed by atoms with E-state index in [0.717, 1.165) is 41.6 Å². The molecule has 1 unspecified atom stereocenters. The van der Waals surface area contributed by atoms with Crippen LogP contribution < -0.4 is 15.8 Å². The van der Waals surface area contributed by atoms with Gasteiger partial charge in [0.15, 0.2) is 0 Å². The summed E-state index contributed by atoms with van der Waals surface area (Å²) >= 11 is 3.11. The van der Waals surface area contributed by atoms with Crippen molar-refractivity contribution in [3.8, 4) is 11.1 Å². The maximum atomic E-state index is 12.9. The van der Waals surface area contributed by atoms with Gasteiger partial charge in [0, 0.05) is 35.5 Å². The number of benzene rings is 2. The molecule has 2 aromatic heterocycles. The van der Waals surface area contributed by atoms with Crippen molar-refractivity contribution >= 4 is 45.2 Å². The van der Waals surface area contributed by atoms with Crippen LogP contribution in [0.4, 0.5) is 5.95 Å². The number of nitrogens with one attached hydrogen (secondary N) is 2. The minimum Gasteiger partial charge on any atom is -0.352 e. The van der Waals surface area contributed by atoms with Crippen molar-refractivity contribution in [2.45, 2.75) is 24.3 Å². The summed E-state index contributed by atoms with van der Waals surface area (Å²) < 4.78 is 0.626. The van der Waals surface area contributed by atoms with E-state index < -0.39 is 0 Å². The van der Waals surface area contributed by atoms with Crippen molar-refractivity contribution in [2.75, 3.05) is 24.2 Å². The summed E-state index contributed by atoms with van der Waals surface area (Å²) in [5.41, 5.74) is 3.68. The summed E-state index contributed by atoms with van der Waals surface area (Å²) in [6.45, 7) is 1.82. The molecule has 1 saturated heterocycles. The Morgan fingerprint density at radius 1 is 1.21 bits per heavy atom. The molecule has 0 aliphatic carbocycles. The standard InChI is InChI=1S/C26H26N4O2S2/c1-33-20-11-9-17(10-12-20)14-27-24(31)19-8-5-13-30(15-19)26-28-22-21(18-6-3-2-4-7-18)16-34-23(22)25(32)29-26/h2-4,6-7,9-12,16,19H,5,8,13-15H2,1H3,(H,27,31)(H,28,29,32). The molecule has 5 rings (SSSR count). The Morgan fingerprint density at radius 3 is 2.76 bits per heavy atom. The molecule has 174 valence electrons. The quantitative estimate of drug-likeness (QED) is 0.376. The number of piperidine rings is 1. The highest BCUT2D eigenvalue weighted by Crippen LogP contribution is 2.32. The van der Waals surface area contributed by atoms with Crippen molar-refractivity contribution in [1.29, 1.82) is 0 Å². The predicted molar refractivity (Wildman–Crippen MR) is 141 cm³/mol. The first-order chi connectivity index (χ1) is 16.6. The number of thiophene rings is 1. The van der Waals surface area contributed by atoms with Crippen LogP contribution in [0.15, 0.2) is 69.7 Å². The molecule has 34 heavy (non-hydrogen) atoms. The summed E-state index contributed by atoms with van der Waals surface area (Å²) in [6.07, 6.45) is 3.75. The van der Waals surface area contributed by atoms with Crippen LogP contribution in [0.5, 0.6) is 0 Å². The molecule has 0 saturated carbocycles. The molecule has 1 amide bonds. The van der Waals surface area contributed by atoms with Gasteiger partial charge in [-0.3, -0.25) is 14.6 Å². The molecule has 4 aromatic rings. The third-order valence-corrected chi connectivity index (χ3v) is 7.93. The van der Waals surface area contributed by atoms with Crippen LogP contribution in [-0.2, 0) is 11.3 Å². The normalized spacial score (nSPS) is 16.0. The van der Waals surface area contributed by atoms with Crippen LogP contribution >= 0.6 is 23.1 Å². The molecule has 0 radical (unpaired) electrons. The van der Waals surface area contributed by atoms with Crippen molar-refractivity contribution in [3.05, 3.63) is 75.9 Å². The third-order valence-electron chi connectivity index (χ3n) is 6.22. The van der Waals surface area contributed by atoms with Gasteiger partial charge in [-0.25, -0.2) is 4.98 Å². The van der Waals surface area contributed by atoms with Crippen LogP contribution in [0.3, 0.4) is 0 Å². The number of hydrogen-bond acceptors (Lipinski definition) is 6. The maximum Gasteiger partial charge on any atom is 0.270 e. The number of H-pyrrole nitrogens is 1. The summed E-state index contributed by atoms with van der Waals surface area (Å²) in [7, 11) is 0. The first-order valence-electron chi connectivity index (χ1n) is 11.3. The molecule has 1 aliphatic rings. The topological polar surface area (TPSA) is 78.1 Å². The van der Waals surface area contributed by atoms with E-state index in [4.69, 9.17) is 4.98 Å². The molecule has 6 nitrogen and oxygen atoms in total. The van der Waals surface area contributed by atoms with Gasteiger partial charge in [0.05, 0.1) is 11.4 Å². The summed E-state index contributed by atoms with van der Waals surface area (Å²) in [4.78, 5) is 36.8. The molecular formula is C26H26N4O2S2. The number of carbonyl (C=O) groups is 1. The monoisotopic (exact) mass is 490 g/mol. The van der Waals surface area contributed by atoms with Crippen molar-refractivity contribution in [3.63, 3.8) is 0 Å². The van der Waals surface area contributed by atoms with Crippen LogP contribution in [0.2, 0.25) is 0 Å². The Kier molecular flexibility index (Phi) is 6.69. The van der Waals surface area contributed by atoms with E-state index in [2.05, 4.69) is 22.4 Å². The van der Waals surface area contributed by atoms with E-state index in [9.17, 15) is 9.59 Å². The fourth-order valence-corrected chi connectivity index (χ4v) is 5.67. The van der Waals surface area contributed by atoms with Crippen LogP contribution in [0.25, 0.3) is 21.3 Å². The molecule has 8 heteroatoms. The number of amides is 1. The van der Waals surface area contributed by atoms with Gasteiger partial charge in [0.1, 0.15) is 4.70 Å². The molecule has 0 bridgehead atoms. The van der Waals surface area contributed by atoms with E-state index in [0.29, 0.717) is 23.7 Å². The van der Waals surface area contributed by atoms with Crippen molar-refractivity contribution in [1.82, 2.24) is 15.3 Å². The lowest BCUT2D eigenvalue weighted by Gasteiger charge is -2.32. The van der Waals surface area contributed by atoms with Gasteiger partial charge in [-0.15, -0.1) is 23.1 Å². The SMILES string of the molecule is CSc1ccc(CNC(=O)C2CCCN(c3nc4c(-c5ccccc5)csc4c(=O)[nH]3)C2)cc1. The second kappa shape index (κ2) is 10.0. The van der Waals surface area contributed by atoms with Gasteiger partial charge in [0.2, 0.25) is 11.9 Å². The number of carbonyl (C=O) groups excluding carboxylic acids is 1. The highest BCUT2D eigenvalue weighted by molar-refractivity contribution is 7.98. The zero-order chi connectivity index (χ0) is 23.5. The van der Waals surface area contributed by atoms with Crippen LogP contribution in [0, 0.1) is 5.92 Å². The number of fused-ring (bicyclic) bond motifs is 1. The Morgan fingerprint density at radius 2 is 2.00 bits per heavy atom. The van der Waals surface area contributed by atoms with E-state index in [1.54, 1.807) is 11.8 Å². The average molecular weight is 491 g/mol. The van der Waals surface area contributed by atoms with Crippen molar-refractivity contribution in [2.24, 2.45) is 5.92 Å². The lowest BCUT2D eigenvalue weighted by Crippen LogP contribution is -2.44. The number of anilines is 1. The molecule has 3 heterocycles. The van der Waals surface area contributed by atoms with Gasteiger partial charge in [-0.05, 0) is 42.4 Å². The number of aromatic nitrogens is 2. The van der Waals surface area contributed by atoms with Gasteiger partial charge in [-0.2, -0.15) is 0 Å². The second-order valence-corrected chi connectivity index (χ2v) is 10.2. The zero-order valence-corrected chi connectivity index (χ0v) is 20.5. The average Bonchev–Trinajstić information content (AvgIpc) is 3.33. The Labute approximate surface area is 206 Å². The van der Waals surface area contributed by atoms with E-state index >= 15 is 0 Å². The lowest BCUT2D eigenvalue weighted by molar-refractivity contribution is -0.125. The lowest BCUT2D eigenvalue weighted by atomic mass is 9.97. The minimum atomic E-state index is -0.142. The van der Waals surface area contributed by atoms with E-state index in [1.165, 1.54) is 16.2 Å². The van der Waals surface area contributed by atoms with E-state index in [1.807, 2.05) is 59.0 Å². The summed E-state index contributed by atoms with van der Waals surface area (Å²) in [5, 5.41) is 5.07. The smallest absolute Gasteiger partial charge is 0.270 e. The summed E-state index contributed by atoms with van der Waals surface area (Å²) in [5.74, 6) is 0.442. The molecule has 1 atom stereocenters.